The van der Waals surface area contributed by atoms with Crippen molar-refractivity contribution in [2.75, 3.05) is 0 Å². The number of unbranched alkanes of at least 4 members (excludes halogenated alkanes) is 5. The molecule has 0 radical (unpaired) electrons. The Hall–Kier alpha value is -0.660. The molecule has 2 N–H and O–H groups in total. The van der Waals surface area contributed by atoms with Crippen LogP contribution in [-0.2, 0) is 19.4 Å². The average molecular weight is 338 g/mol. The monoisotopic (exact) mass is 338 g/mol. The van der Waals surface area contributed by atoms with Crippen molar-refractivity contribution in [1.29, 1.82) is 0 Å². The predicted molar refractivity (Wildman–Crippen MR) is 85.1 cm³/mol. The van der Waals surface area contributed by atoms with Gasteiger partial charge in [0.25, 0.3) is 0 Å². The molecule has 1 unspecified atom stereocenters. The van der Waals surface area contributed by atoms with Crippen LogP contribution in [-0.4, -0.2) is 30.2 Å². The van der Waals surface area contributed by atoms with Gasteiger partial charge in [-0.3, -0.25) is 9.35 Å². The minimum absolute atomic E-state index is 0.222. The van der Waals surface area contributed by atoms with Gasteiger partial charge in [-0.05, 0) is 31.6 Å². The summed E-state index contributed by atoms with van der Waals surface area (Å²) in [4.78, 5) is 10.3. The lowest BCUT2D eigenvalue weighted by molar-refractivity contribution is -0.137. The van der Waals surface area contributed by atoms with E-state index in [1.54, 1.807) is 0 Å². The molecule has 22 heavy (non-hydrogen) atoms. The molecule has 0 aliphatic rings. The van der Waals surface area contributed by atoms with Gasteiger partial charge in [-0.1, -0.05) is 46.0 Å². The highest BCUT2D eigenvalue weighted by molar-refractivity contribution is 7.80. The maximum atomic E-state index is 10.8. The zero-order chi connectivity index (χ0) is 17.0. The van der Waals surface area contributed by atoms with E-state index in [4.69, 9.17) is 13.8 Å². The van der Waals surface area contributed by atoms with Gasteiger partial charge in [0.2, 0.25) is 0 Å². The van der Waals surface area contributed by atoms with Crippen LogP contribution in [0.25, 0.3) is 0 Å². The van der Waals surface area contributed by atoms with Gasteiger partial charge < -0.3 is 5.11 Å². The van der Waals surface area contributed by atoms with Crippen molar-refractivity contribution < 1.29 is 27.1 Å². The Labute approximate surface area is 134 Å². The van der Waals surface area contributed by atoms with Gasteiger partial charge in [-0.2, -0.15) is 8.42 Å². The van der Waals surface area contributed by atoms with Gasteiger partial charge in [-0.25, -0.2) is 4.18 Å². The SMILES string of the molecule is CC(C)CCC(CCCCCCCCC(=O)O)OS(=O)(=O)O. The Morgan fingerprint density at radius 3 is 2.00 bits per heavy atom. The Bertz CT molecular complexity index is 391. The zero-order valence-electron chi connectivity index (χ0n) is 13.7. The molecule has 0 saturated heterocycles. The van der Waals surface area contributed by atoms with E-state index in [-0.39, 0.29) is 6.42 Å². The molecule has 0 aromatic carbocycles. The van der Waals surface area contributed by atoms with Crippen molar-refractivity contribution in [2.24, 2.45) is 5.92 Å². The molecule has 132 valence electrons. The van der Waals surface area contributed by atoms with Gasteiger partial charge in [0, 0.05) is 6.42 Å². The lowest BCUT2D eigenvalue weighted by Gasteiger charge is -2.16. The van der Waals surface area contributed by atoms with E-state index in [9.17, 15) is 13.2 Å². The Balaban J connectivity index is 3.81. The third kappa shape index (κ3) is 15.7. The molecular formula is C15H30O6S. The Kier molecular flexibility index (Phi) is 11.5. The summed E-state index contributed by atoms with van der Waals surface area (Å²) in [5.74, 6) is -0.294. The van der Waals surface area contributed by atoms with Gasteiger partial charge in [0.05, 0.1) is 6.10 Å². The predicted octanol–water partition coefficient (Wildman–Crippen LogP) is 3.82. The second kappa shape index (κ2) is 11.8. The van der Waals surface area contributed by atoms with E-state index in [1.165, 1.54) is 0 Å². The third-order valence-corrected chi connectivity index (χ3v) is 4.01. The normalized spacial score (nSPS) is 13.5. The van der Waals surface area contributed by atoms with Crippen LogP contribution in [0.4, 0.5) is 0 Å². The van der Waals surface area contributed by atoms with E-state index in [1.807, 2.05) is 0 Å². The van der Waals surface area contributed by atoms with Crippen LogP contribution in [0.3, 0.4) is 0 Å². The maximum absolute atomic E-state index is 10.8. The lowest BCUT2D eigenvalue weighted by atomic mass is 10.0. The highest BCUT2D eigenvalue weighted by Gasteiger charge is 2.17. The average Bonchev–Trinajstić information content (AvgIpc) is 2.36. The molecule has 0 fully saturated rings. The van der Waals surface area contributed by atoms with Crippen molar-refractivity contribution in [2.45, 2.75) is 84.2 Å². The van der Waals surface area contributed by atoms with Crippen LogP contribution < -0.4 is 0 Å². The van der Waals surface area contributed by atoms with Crippen molar-refractivity contribution in [3.63, 3.8) is 0 Å². The second-order valence-corrected chi connectivity index (χ2v) is 7.22. The summed E-state index contributed by atoms with van der Waals surface area (Å²) < 4.78 is 35.2. The molecule has 0 spiro atoms. The van der Waals surface area contributed by atoms with E-state index < -0.39 is 22.5 Å². The topological polar surface area (TPSA) is 101 Å². The fourth-order valence-electron chi connectivity index (χ4n) is 2.29. The van der Waals surface area contributed by atoms with E-state index in [0.29, 0.717) is 25.2 Å². The molecule has 7 heteroatoms. The number of aliphatic carboxylic acids is 1. The molecule has 6 nitrogen and oxygen atoms in total. The summed E-state index contributed by atoms with van der Waals surface area (Å²) in [5, 5.41) is 8.51. The van der Waals surface area contributed by atoms with E-state index in [0.717, 1.165) is 38.5 Å². The smallest absolute Gasteiger partial charge is 0.397 e. The highest BCUT2D eigenvalue weighted by atomic mass is 32.3. The van der Waals surface area contributed by atoms with Crippen LogP contribution in [0.1, 0.15) is 78.1 Å². The zero-order valence-corrected chi connectivity index (χ0v) is 14.5. The Morgan fingerprint density at radius 1 is 0.955 bits per heavy atom. The van der Waals surface area contributed by atoms with Gasteiger partial charge in [0.15, 0.2) is 0 Å². The number of carboxylic acids is 1. The third-order valence-electron chi connectivity index (χ3n) is 3.49. The first kappa shape index (κ1) is 21.3. The number of hydrogen-bond donors (Lipinski definition) is 2. The van der Waals surface area contributed by atoms with Crippen LogP contribution in [0.2, 0.25) is 0 Å². The molecule has 1 atom stereocenters. The summed E-state index contributed by atoms with van der Waals surface area (Å²) >= 11 is 0. The second-order valence-electron chi connectivity index (χ2n) is 6.17. The number of hydrogen-bond acceptors (Lipinski definition) is 4. The molecule has 0 aromatic rings. The van der Waals surface area contributed by atoms with Gasteiger partial charge in [0.1, 0.15) is 0 Å². The van der Waals surface area contributed by atoms with Crippen molar-refractivity contribution in [3.8, 4) is 0 Å². The van der Waals surface area contributed by atoms with Crippen LogP contribution in [0.5, 0.6) is 0 Å². The quantitative estimate of drug-likeness (QED) is 0.369. The van der Waals surface area contributed by atoms with E-state index >= 15 is 0 Å². The minimum Gasteiger partial charge on any atom is -0.481 e. The van der Waals surface area contributed by atoms with Gasteiger partial charge in [-0.15, -0.1) is 0 Å². The number of carboxylic acid groups (broad SMARTS) is 1. The molecule has 0 amide bonds. The number of carbonyl (C=O) groups is 1. The van der Waals surface area contributed by atoms with Gasteiger partial charge >= 0.3 is 16.4 Å². The fraction of sp³-hybridized carbons (Fsp3) is 0.933. The molecule has 0 heterocycles. The molecule has 0 saturated carbocycles. The molecule has 0 aliphatic carbocycles. The summed E-state index contributed by atoms with van der Waals surface area (Å²) in [6.07, 6.45) is 7.27. The summed E-state index contributed by atoms with van der Waals surface area (Å²) in [6, 6.07) is 0. The van der Waals surface area contributed by atoms with Crippen LogP contribution in [0.15, 0.2) is 0 Å². The standard InChI is InChI=1S/C15H30O6S/c1-13(2)11-12-14(21-22(18,19)20)9-7-5-3-4-6-8-10-15(16)17/h13-14H,3-12H2,1-2H3,(H,16,17)(H,18,19,20). The summed E-state index contributed by atoms with van der Waals surface area (Å²) in [5.41, 5.74) is 0. The minimum atomic E-state index is -4.39. The van der Waals surface area contributed by atoms with Crippen LogP contribution in [0, 0.1) is 5.92 Å². The lowest BCUT2D eigenvalue weighted by Crippen LogP contribution is -2.18. The molecule has 0 aromatic heterocycles. The Morgan fingerprint density at radius 2 is 1.50 bits per heavy atom. The first-order valence-electron chi connectivity index (χ1n) is 8.08. The first-order valence-corrected chi connectivity index (χ1v) is 9.44. The first-order chi connectivity index (χ1) is 10.2. The summed E-state index contributed by atoms with van der Waals surface area (Å²) in [6.45, 7) is 4.11. The fourth-order valence-corrected chi connectivity index (χ4v) is 2.82. The maximum Gasteiger partial charge on any atom is 0.397 e. The van der Waals surface area contributed by atoms with E-state index in [2.05, 4.69) is 13.8 Å². The highest BCUT2D eigenvalue weighted by Crippen LogP contribution is 2.18. The molecule has 0 bridgehead atoms. The molecule has 0 aliphatic heterocycles. The van der Waals surface area contributed by atoms with Crippen molar-refractivity contribution in [1.82, 2.24) is 0 Å². The van der Waals surface area contributed by atoms with Crippen LogP contribution >= 0.6 is 0 Å². The summed E-state index contributed by atoms with van der Waals surface area (Å²) in [7, 11) is -4.39. The van der Waals surface area contributed by atoms with Crippen molar-refractivity contribution >= 4 is 16.4 Å². The van der Waals surface area contributed by atoms with Crippen molar-refractivity contribution in [3.05, 3.63) is 0 Å². The largest absolute Gasteiger partial charge is 0.481 e. The molecular weight excluding hydrogens is 308 g/mol. The number of rotatable bonds is 14. The molecule has 0 rings (SSSR count).